The van der Waals surface area contributed by atoms with Gasteiger partial charge in [-0.15, -0.1) is 0 Å². The normalized spacial score (nSPS) is 19.9. The lowest BCUT2D eigenvalue weighted by atomic mass is 9.81. The van der Waals surface area contributed by atoms with Crippen LogP contribution in [0.1, 0.15) is 103 Å². The SMILES string of the molecule is CC.CC(C)(Br)C(=O)OCC(C)(COC(=O)C(C)(C)Br)C(=O)OCC(C)(COC(=O)C(C)(COC(=O)C(C)(C)Br)COC(=O)C(C)(C)Br)C(=O)OCCN1C(=O)[C@@H]2C3CCC(O3)[C@@H]2C1=O. The maximum atomic E-state index is 14.0. The lowest BCUT2D eigenvalue weighted by molar-refractivity contribution is -0.183. The highest BCUT2D eigenvalue weighted by molar-refractivity contribution is 9.10. The average molecular weight is 1190 g/mol. The first-order valence-corrected chi connectivity index (χ1v) is 24.2. The molecule has 3 aliphatic rings. The summed E-state index contributed by atoms with van der Waals surface area (Å²) in [6.45, 7) is 15.0. The van der Waals surface area contributed by atoms with E-state index in [4.69, 9.17) is 37.9 Å². The number of fused-ring (bicyclic) bond motifs is 5. The van der Waals surface area contributed by atoms with Gasteiger partial charge in [0.05, 0.1) is 30.6 Å². The molecule has 0 spiro atoms. The molecular weight excluding hydrogens is 1120 g/mol. The monoisotopic (exact) mass is 1180 g/mol. The van der Waals surface area contributed by atoms with E-state index in [2.05, 4.69) is 63.7 Å². The number of alkyl halides is 4. The number of ether oxygens (including phenoxy) is 8. The summed E-state index contributed by atoms with van der Waals surface area (Å²) in [6, 6.07) is 0. The Hall–Kier alpha value is -2.69. The van der Waals surface area contributed by atoms with Crippen LogP contribution in [0.2, 0.25) is 0 Å². The van der Waals surface area contributed by atoms with Gasteiger partial charge in [0.15, 0.2) is 0 Å². The molecule has 3 saturated heterocycles. The van der Waals surface area contributed by atoms with Crippen LogP contribution >= 0.6 is 63.7 Å². The minimum Gasteiger partial charge on any atom is -0.464 e. The van der Waals surface area contributed by atoms with Gasteiger partial charge in [-0.1, -0.05) is 77.6 Å². The van der Waals surface area contributed by atoms with E-state index in [1.807, 2.05) is 13.8 Å². The van der Waals surface area contributed by atoms with E-state index < -0.39 is 145 Å². The van der Waals surface area contributed by atoms with Gasteiger partial charge < -0.3 is 37.9 Å². The van der Waals surface area contributed by atoms with Crippen molar-refractivity contribution in [3.63, 3.8) is 0 Å². The molecule has 3 fully saturated rings. The summed E-state index contributed by atoms with van der Waals surface area (Å²) in [4.78, 5) is 120. The van der Waals surface area contributed by atoms with Gasteiger partial charge in [-0.25, -0.2) is 0 Å². The number of halogens is 4. The highest BCUT2D eigenvalue weighted by atomic mass is 79.9. The third-order valence-corrected chi connectivity index (χ3v) is 11.8. The van der Waals surface area contributed by atoms with Crippen LogP contribution in [0.5, 0.6) is 0 Å². The first kappa shape index (κ1) is 58.4. The van der Waals surface area contributed by atoms with Gasteiger partial charge in [-0.05, 0) is 89.0 Å². The van der Waals surface area contributed by atoms with Gasteiger partial charge in [-0.3, -0.25) is 48.1 Å². The molecule has 0 aromatic rings. The average Bonchev–Trinajstić information content (AvgIpc) is 3.90. The number of rotatable bonds is 22. The van der Waals surface area contributed by atoms with Crippen molar-refractivity contribution in [3.8, 4) is 0 Å². The van der Waals surface area contributed by atoms with Crippen molar-refractivity contribution in [2.45, 2.75) is 132 Å². The van der Waals surface area contributed by atoms with Gasteiger partial charge >= 0.3 is 41.8 Å². The molecule has 0 radical (unpaired) electrons. The number of imide groups is 1. The van der Waals surface area contributed by atoms with Crippen molar-refractivity contribution in [2.24, 2.45) is 28.1 Å². The maximum Gasteiger partial charge on any atom is 0.322 e. The molecule has 0 aromatic heterocycles. The molecule has 0 aliphatic carbocycles. The molecule has 3 aliphatic heterocycles. The standard InChI is InChI=1S/C41H57Br4NO17.C2H6/c1-35(2,42)28(49)57-16-40(10,17-58-29(50)36(3,4)43)33(54)61-20-39(9,32(53)56-15-14-46-26(47)24-22-12-13-23(63-22)25(24)27(46)48)21-62-34(55)41(11,18-59-30(51)37(5,6)44)19-60-31(52)38(7,8)45;1-2/h22-25H,12-21H2,1-11H3;1-2H3/t22?,23?,24-,25+;. The van der Waals surface area contributed by atoms with E-state index in [0.717, 1.165) is 4.90 Å². The second-order valence-electron chi connectivity index (χ2n) is 18.8. The number of hydrogen-bond donors (Lipinski definition) is 0. The Kier molecular flexibility index (Phi) is 20.3. The molecule has 65 heavy (non-hydrogen) atoms. The molecule has 3 rings (SSSR count). The van der Waals surface area contributed by atoms with Gasteiger partial charge in [0.2, 0.25) is 11.8 Å². The second-order valence-corrected chi connectivity index (χ2v) is 26.8. The lowest BCUT2D eigenvalue weighted by Crippen LogP contribution is -2.48. The topological polar surface area (TPSA) is 231 Å². The fraction of sp³-hybridized carbons (Fsp3) is 0.791. The Morgan fingerprint density at radius 3 is 0.938 bits per heavy atom. The Labute approximate surface area is 414 Å². The molecule has 2 unspecified atom stereocenters. The van der Waals surface area contributed by atoms with Crippen molar-refractivity contribution >= 4 is 117 Å². The van der Waals surface area contributed by atoms with Crippen LogP contribution in [0.15, 0.2) is 0 Å². The smallest absolute Gasteiger partial charge is 0.322 e. The third kappa shape index (κ3) is 15.4. The van der Waals surface area contributed by atoms with E-state index in [1.54, 1.807) is 0 Å². The summed E-state index contributed by atoms with van der Waals surface area (Å²) < 4.78 is 39.6. The highest BCUT2D eigenvalue weighted by Gasteiger charge is 2.62. The fourth-order valence-corrected chi connectivity index (χ4v) is 6.72. The predicted molar refractivity (Wildman–Crippen MR) is 246 cm³/mol. The van der Waals surface area contributed by atoms with E-state index in [0.29, 0.717) is 12.8 Å². The number of nitrogens with zero attached hydrogens (tertiary/aromatic N) is 1. The summed E-state index contributed by atoms with van der Waals surface area (Å²) in [5.74, 6) is -8.40. The number of esters is 7. The molecule has 22 heteroatoms. The first-order chi connectivity index (χ1) is 29.6. The third-order valence-electron chi connectivity index (χ3n) is 10.5. The molecule has 0 aromatic carbocycles. The van der Waals surface area contributed by atoms with Crippen molar-refractivity contribution in [1.29, 1.82) is 0 Å². The van der Waals surface area contributed by atoms with E-state index in [9.17, 15) is 43.2 Å². The van der Waals surface area contributed by atoms with Gasteiger partial charge in [-0.2, -0.15) is 0 Å². The number of likely N-dealkylation sites (tertiary alicyclic amines) is 1. The molecule has 18 nitrogen and oxygen atoms in total. The van der Waals surface area contributed by atoms with Gasteiger partial charge in [0.25, 0.3) is 0 Å². The van der Waals surface area contributed by atoms with Crippen molar-refractivity contribution in [2.75, 3.05) is 52.8 Å². The van der Waals surface area contributed by atoms with E-state index >= 15 is 0 Å². The fourth-order valence-electron chi connectivity index (χ4n) is 6.26. The molecular formula is C43H63Br4NO17. The van der Waals surface area contributed by atoms with E-state index in [1.165, 1.54) is 76.2 Å². The molecule has 4 atom stereocenters. The molecule has 0 saturated carbocycles. The zero-order valence-corrected chi connectivity index (χ0v) is 45.6. The molecule has 370 valence electrons. The Bertz CT molecular complexity index is 1640. The molecule has 3 heterocycles. The zero-order chi connectivity index (χ0) is 50.3. The Morgan fingerprint density at radius 2 is 0.692 bits per heavy atom. The van der Waals surface area contributed by atoms with E-state index in [-0.39, 0.29) is 18.8 Å². The highest BCUT2D eigenvalue weighted by Crippen LogP contribution is 2.48. The zero-order valence-electron chi connectivity index (χ0n) is 39.3. The minimum atomic E-state index is -2.03. The Balaban J connectivity index is 0.00000715. The number of carbonyl (C=O) groups is 9. The predicted octanol–water partition coefficient (Wildman–Crippen LogP) is 5.69. The van der Waals surface area contributed by atoms with Crippen LogP contribution in [0, 0.1) is 28.1 Å². The van der Waals surface area contributed by atoms with Crippen LogP contribution in [0.25, 0.3) is 0 Å². The quantitative estimate of drug-likeness (QED) is 0.0549. The summed E-state index contributed by atoms with van der Waals surface area (Å²) >= 11 is 12.8. The van der Waals surface area contributed by atoms with Crippen LogP contribution < -0.4 is 0 Å². The maximum absolute atomic E-state index is 14.0. The first-order valence-electron chi connectivity index (χ1n) is 21.0. The van der Waals surface area contributed by atoms with Crippen LogP contribution in [0.3, 0.4) is 0 Å². The van der Waals surface area contributed by atoms with Crippen LogP contribution in [0.4, 0.5) is 0 Å². The van der Waals surface area contributed by atoms with Crippen molar-refractivity contribution in [3.05, 3.63) is 0 Å². The molecule has 2 bridgehead atoms. The van der Waals surface area contributed by atoms with Crippen molar-refractivity contribution < 1.29 is 81.0 Å². The second kappa shape index (κ2) is 22.6. The van der Waals surface area contributed by atoms with Crippen molar-refractivity contribution in [1.82, 2.24) is 4.90 Å². The number of amides is 2. The largest absolute Gasteiger partial charge is 0.464 e. The summed E-state index contributed by atoms with van der Waals surface area (Å²) in [6.07, 6.45) is 0.592. The summed E-state index contributed by atoms with van der Waals surface area (Å²) in [7, 11) is 0. The van der Waals surface area contributed by atoms with Crippen LogP contribution in [-0.2, 0) is 81.0 Å². The van der Waals surface area contributed by atoms with Gasteiger partial charge in [0.1, 0.15) is 79.8 Å². The summed E-state index contributed by atoms with van der Waals surface area (Å²) in [5, 5.41) is 0. The number of carbonyl (C=O) groups excluding carboxylic acids is 9. The Morgan fingerprint density at radius 1 is 0.462 bits per heavy atom. The number of hydrogen-bond acceptors (Lipinski definition) is 17. The van der Waals surface area contributed by atoms with Gasteiger partial charge in [0, 0.05) is 0 Å². The lowest BCUT2D eigenvalue weighted by Gasteiger charge is -2.33. The summed E-state index contributed by atoms with van der Waals surface area (Å²) in [5.41, 5.74) is -5.72. The molecule has 0 N–H and O–H groups in total. The van der Waals surface area contributed by atoms with Crippen LogP contribution in [-0.4, -0.2) is 141 Å². The minimum absolute atomic E-state index is 0.295. The molecule has 2 amide bonds.